The van der Waals surface area contributed by atoms with E-state index < -0.39 is 0 Å². The van der Waals surface area contributed by atoms with Gasteiger partial charge in [0.2, 0.25) is 0 Å². The Morgan fingerprint density at radius 3 is 2.37 bits per heavy atom. The molecule has 0 aliphatic rings. The SMILES string of the molecule is CCCc1c(N)c(=O)n(Cc2ccccc2)n1CC. The summed E-state index contributed by atoms with van der Waals surface area (Å²) in [5.74, 6) is 0. The molecular weight excluding hydrogens is 238 g/mol. The van der Waals surface area contributed by atoms with E-state index >= 15 is 0 Å². The fourth-order valence-electron chi connectivity index (χ4n) is 2.43. The van der Waals surface area contributed by atoms with E-state index in [-0.39, 0.29) is 5.56 Å². The number of rotatable bonds is 5. The molecular formula is C15H21N3O. The number of hydrogen-bond donors (Lipinski definition) is 1. The van der Waals surface area contributed by atoms with Crippen LogP contribution >= 0.6 is 0 Å². The highest BCUT2D eigenvalue weighted by Gasteiger charge is 2.15. The Morgan fingerprint density at radius 1 is 1.11 bits per heavy atom. The largest absolute Gasteiger partial charge is 0.393 e. The zero-order chi connectivity index (χ0) is 13.8. The van der Waals surface area contributed by atoms with Crippen molar-refractivity contribution < 1.29 is 0 Å². The number of aromatic nitrogens is 2. The molecule has 1 aromatic heterocycles. The molecule has 19 heavy (non-hydrogen) atoms. The Bertz CT molecular complexity index is 596. The highest BCUT2D eigenvalue weighted by molar-refractivity contribution is 5.42. The van der Waals surface area contributed by atoms with Gasteiger partial charge in [0.25, 0.3) is 5.56 Å². The van der Waals surface area contributed by atoms with Crippen molar-refractivity contribution >= 4 is 5.69 Å². The number of anilines is 1. The van der Waals surface area contributed by atoms with Crippen LogP contribution in [0.4, 0.5) is 5.69 Å². The van der Waals surface area contributed by atoms with E-state index in [1.807, 2.05) is 41.9 Å². The minimum absolute atomic E-state index is 0.0749. The van der Waals surface area contributed by atoms with Crippen LogP contribution in [0.2, 0.25) is 0 Å². The van der Waals surface area contributed by atoms with E-state index in [4.69, 9.17) is 5.73 Å². The van der Waals surface area contributed by atoms with Crippen LogP contribution in [0, 0.1) is 0 Å². The molecule has 0 fully saturated rings. The minimum Gasteiger partial charge on any atom is -0.393 e. The summed E-state index contributed by atoms with van der Waals surface area (Å²) in [5, 5.41) is 0. The first-order valence-electron chi connectivity index (χ1n) is 6.80. The second-order valence-corrected chi connectivity index (χ2v) is 4.67. The first kappa shape index (κ1) is 13.5. The molecule has 0 amide bonds. The maximum absolute atomic E-state index is 12.3. The molecule has 0 unspecified atom stereocenters. The van der Waals surface area contributed by atoms with Gasteiger partial charge in [-0.1, -0.05) is 43.7 Å². The van der Waals surface area contributed by atoms with Gasteiger partial charge in [-0.2, -0.15) is 0 Å². The van der Waals surface area contributed by atoms with Crippen LogP contribution in [0.3, 0.4) is 0 Å². The van der Waals surface area contributed by atoms with E-state index in [2.05, 4.69) is 6.92 Å². The topological polar surface area (TPSA) is 53.0 Å². The summed E-state index contributed by atoms with van der Waals surface area (Å²) in [6.45, 7) is 5.47. The lowest BCUT2D eigenvalue weighted by Crippen LogP contribution is -2.24. The van der Waals surface area contributed by atoms with E-state index in [1.165, 1.54) is 0 Å². The maximum atomic E-state index is 12.3. The van der Waals surface area contributed by atoms with Crippen LogP contribution in [0.15, 0.2) is 35.1 Å². The quantitative estimate of drug-likeness (QED) is 0.895. The normalized spacial score (nSPS) is 10.8. The molecule has 1 aromatic carbocycles. The van der Waals surface area contributed by atoms with Crippen molar-refractivity contribution in [2.75, 3.05) is 5.73 Å². The van der Waals surface area contributed by atoms with Crippen molar-refractivity contribution in [3.8, 4) is 0 Å². The van der Waals surface area contributed by atoms with Crippen LogP contribution in [0.5, 0.6) is 0 Å². The highest BCUT2D eigenvalue weighted by Crippen LogP contribution is 2.12. The number of benzene rings is 1. The van der Waals surface area contributed by atoms with Gasteiger partial charge in [-0.15, -0.1) is 0 Å². The van der Waals surface area contributed by atoms with E-state index in [9.17, 15) is 4.79 Å². The summed E-state index contributed by atoms with van der Waals surface area (Å²) in [5.41, 5.74) is 8.37. The fraction of sp³-hybridized carbons (Fsp3) is 0.400. The summed E-state index contributed by atoms with van der Waals surface area (Å²) in [4.78, 5) is 12.3. The zero-order valence-corrected chi connectivity index (χ0v) is 11.6. The monoisotopic (exact) mass is 259 g/mol. The first-order chi connectivity index (χ1) is 9.19. The predicted octanol–water partition coefficient (Wildman–Crippen LogP) is 2.25. The standard InChI is InChI=1S/C15H21N3O/c1-3-8-13-14(16)15(19)18(17(13)4-2)11-12-9-6-5-7-10-12/h5-7,9-10H,3-4,8,11,16H2,1-2H3. The zero-order valence-electron chi connectivity index (χ0n) is 11.6. The summed E-state index contributed by atoms with van der Waals surface area (Å²) in [6.07, 6.45) is 1.83. The third-order valence-electron chi connectivity index (χ3n) is 3.34. The summed E-state index contributed by atoms with van der Waals surface area (Å²) in [6, 6.07) is 9.98. The van der Waals surface area contributed by atoms with Gasteiger partial charge in [-0.05, 0) is 18.9 Å². The molecule has 0 spiro atoms. The number of nitrogen functional groups attached to an aromatic ring is 1. The molecule has 0 saturated carbocycles. The van der Waals surface area contributed by atoms with Gasteiger partial charge < -0.3 is 5.73 Å². The molecule has 102 valence electrons. The molecule has 4 nitrogen and oxygen atoms in total. The predicted molar refractivity (Wildman–Crippen MR) is 78.3 cm³/mol. The Morgan fingerprint density at radius 2 is 1.79 bits per heavy atom. The van der Waals surface area contributed by atoms with Crippen LogP contribution in [-0.4, -0.2) is 9.36 Å². The third-order valence-corrected chi connectivity index (χ3v) is 3.34. The van der Waals surface area contributed by atoms with Crippen molar-refractivity contribution in [1.29, 1.82) is 0 Å². The van der Waals surface area contributed by atoms with Crippen LogP contribution in [0.25, 0.3) is 0 Å². The molecule has 0 bridgehead atoms. The fourth-order valence-corrected chi connectivity index (χ4v) is 2.43. The van der Waals surface area contributed by atoms with Gasteiger partial charge >= 0.3 is 0 Å². The lowest BCUT2D eigenvalue weighted by molar-refractivity contribution is 0.471. The van der Waals surface area contributed by atoms with Crippen LogP contribution < -0.4 is 11.3 Å². The second-order valence-electron chi connectivity index (χ2n) is 4.67. The van der Waals surface area contributed by atoms with Crippen molar-refractivity contribution in [2.45, 2.75) is 39.8 Å². The lowest BCUT2D eigenvalue weighted by atomic mass is 10.2. The highest BCUT2D eigenvalue weighted by atomic mass is 16.1. The molecule has 4 heteroatoms. The van der Waals surface area contributed by atoms with Crippen molar-refractivity contribution in [3.63, 3.8) is 0 Å². The molecule has 0 aliphatic heterocycles. The minimum atomic E-state index is -0.0749. The van der Waals surface area contributed by atoms with Gasteiger partial charge in [0.1, 0.15) is 5.69 Å². The Hall–Kier alpha value is -1.97. The van der Waals surface area contributed by atoms with Gasteiger partial charge in [-0.3, -0.25) is 9.48 Å². The van der Waals surface area contributed by atoms with E-state index in [0.717, 1.165) is 30.6 Å². The molecule has 2 aromatic rings. The average molecular weight is 259 g/mol. The molecule has 2 rings (SSSR count). The van der Waals surface area contributed by atoms with Crippen LogP contribution in [-0.2, 0) is 19.5 Å². The number of nitrogens with zero attached hydrogens (tertiary/aromatic N) is 2. The van der Waals surface area contributed by atoms with Crippen LogP contribution in [0.1, 0.15) is 31.5 Å². The molecule has 0 radical (unpaired) electrons. The third kappa shape index (κ3) is 2.57. The summed E-state index contributed by atoms with van der Waals surface area (Å²) in [7, 11) is 0. The number of nitrogens with two attached hydrogens (primary N) is 1. The second kappa shape index (κ2) is 5.78. The summed E-state index contributed by atoms with van der Waals surface area (Å²) < 4.78 is 3.75. The Kier molecular flexibility index (Phi) is 4.10. The Labute approximate surface area is 113 Å². The molecule has 0 aliphatic carbocycles. The molecule has 2 N–H and O–H groups in total. The van der Waals surface area contributed by atoms with Crippen molar-refractivity contribution in [2.24, 2.45) is 0 Å². The molecule has 0 saturated heterocycles. The van der Waals surface area contributed by atoms with Gasteiger partial charge in [0.05, 0.1) is 12.2 Å². The molecule has 1 heterocycles. The lowest BCUT2D eigenvalue weighted by Gasteiger charge is -2.12. The van der Waals surface area contributed by atoms with Gasteiger partial charge in [0, 0.05) is 6.54 Å². The van der Waals surface area contributed by atoms with Crippen molar-refractivity contribution in [3.05, 3.63) is 51.9 Å². The summed E-state index contributed by atoms with van der Waals surface area (Å²) >= 11 is 0. The van der Waals surface area contributed by atoms with Gasteiger partial charge in [0.15, 0.2) is 0 Å². The van der Waals surface area contributed by atoms with Crippen molar-refractivity contribution in [1.82, 2.24) is 9.36 Å². The number of hydrogen-bond acceptors (Lipinski definition) is 2. The molecule has 0 atom stereocenters. The first-order valence-corrected chi connectivity index (χ1v) is 6.80. The van der Waals surface area contributed by atoms with Gasteiger partial charge in [-0.25, -0.2) is 4.68 Å². The maximum Gasteiger partial charge on any atom is 0.290 e. The van der Waals surface area contributed by atoms with E-state index in [0.29, 0.717) is 12.2 Å². The average Bonchev–Trinajstić information content (AvgIpc) is 2.65. The smallest absolute Gasteiger partial charge is 0.290 e. The van der Waals surface area contributed by atoms with E-state index in [1.54, 1.807) is 4.68 Å². The Balaban J connectivity index is 2.45.